The Hall–Kier alpha value is -0.120. The summed E-state index contributed by atoms with van der Waals surface area (Å²) in [7, 11) is 0. The van der Waals surface area contributed by atoms with Gasteiger partial charge < -0.3 is 15.2 Å². The smallest absolute Gasteiger partial charge is 0.0897 e. The summed E-state index contributed by atoms with van der Waals surface area (Å²) in [6, 6.07) is 0.537. The molecular formula is C16H31NO2. The summed E-state index contributed by atoms with van der Waals surface area (Å²) in [6.45, 7) is 8.39. The quantitative estimate of drug-likeness (QED) is 0.711. The largest absolute Gasteiger partial charge is 0.389 e. The molecule has 112 valence electrons. The Morgan fingerprint density at radius 3 is 2.53 bits per heavy atom. The molecule has 0 aromatic heterocycles. The predicted molar refractivity (Wildman–Crippen MR) is 78.1 cm³/mol. The van der Waals surface area contributed by atoms with E-state index in [1.54, 1.807) is 0 Å². The third-order valence-electron chi connectivity index (χ3n) is 4.87. The molecule has 0 aromatic rings. The van der Waals surface area contributed by atoms with E-state index in [4.69, 9.17) is 4.74 Å². The number of rotatable bonds is 8. The van der Waals surface area contributed by atoms with Gasteiger partial charge >= 0.3 is 0 Å². The van der Waals surface area contributed by atoms with Crippen LogP contribution in [0.15, 0.2) is 0 Å². The van der Waals surface area contributed by atoms with E-state index in [2.05, 4.69) is 26.1 Å². The van der Waals surface area contributed by atoms with Crippen molar-refractivity contribution in [2.75, 3.05) is 19.8 Å². The van der Waals surface area contributed by atoms with Crippen molar-refractivity contribution in [3.8, 4) is 0 Å². The lowest BCUT2D eigenvalue weighted by Gasteiger charge is -2.29. The maximum Gasteiger partial charge on any atom is 0.0897 e. The van der Waals surface area contributed by atoms with Gasteiger partial charge in [-0.2, -0.15) is 0 Å². The van der Waals surface area contributed by atoms with Crippen LogP contribution in [0.5, 0.6) is 0 Å². The number of ether oxygens (including phenoxy) is 1. The molecule has 5 atom stereocenters. The summed E-state index contributed by atoms with van der Waals surface area (Å²) in [4.78, 5) is 0. The lowest BCUT2D eigenvalue weighted by Crippen LogP contribution is -2.41. The molecule has 19 heavy (non-hydrogen) atoms. The average molecular weight is 269 g/mol. The van der Waals surface area contributed by atoms with E-state index in [9.17, 15) is 5.11 Å². The van der Waals surface area contributed by atoms with E-state index in [-0.39, 0.29) is 6.10 Å². The van der Waals surface area contributed by atoms with E-state index >= 15 is 0 Å². The molecule has 3 nitrogen and oxygen atoms in total. The molecule has 0 heterocycles. The van der Waals surface area contributed by atoms with E-state index in [0.717, 1.165) is 24.4 Å². The first-order valence-corrected chi connectivity index (χ1v) is 8.05. The van der Waals surface area contributed by atoms with Crippen molar-refractivity contribution in [2.45, 2.75) is 58.6 Å². The molecule has 0 saturated heterocycles. The Kier molecular flexibility index (Phi) is 5.67. The molecule has 0 aromatic carbocycles. The summed E-state index contributed by atoms with van der Waals surface area (Å²) >= 11 is 0. The lowest BCUT2D eigenvalue weighted by molar-refractivity contribution is 0.0238. The monoisotopic (exact) mass is 269 g/mol. The molecule has 2 aliphatic rings. The van der Waals surface area contributed by atoms with Crippen molar-refractivity contribution in [1.29, 1.82) is 0 Å². The minimum absolute atomic E-state index is 0.375. The van der Waals surface area contributed by atoms with Gasteiger partial charge in [-0.05, 0) is 49.9 Å². The zero-order chi connectivity index (χ0) is 13.8. The van der Waals surface area contributed by atoms with Gasteiger partial charge in [-0.25, -0.2) is 0 Å². The van der Waals surface area contributed by atoms with Gasteiger partial charge in [0, 0.05) is 19.2 Å². The first-order chi connectivity index (χ1) is 9.06. The van der Waals surface area contributed by atoms with Crippen molar-refractivity contribution in [3.63, 3.8) is 0 Å². The minimum atomic E-state index is -0.375. The molecule has 3 heteroatoms. The molecule has 0 spiro atoms. The standard InChI is InChI=1S/C16H31NO2/c1-11(2)9-19-10-15(18)8-17-12(3)16-7-13-4-5-14(16)6-13/h11-18H,4-10H2,1-3H3. The van der Waals surface area contributed by atoms with Crippen molar-refractivity contribution in [2.24, 2.45) is 23.7 Å². The second-order valence-corrected chi connectivity index (χ2v) is 7.12. The highest BCUT2D eigenvalue weighted by atomic mass is 16.5. The van der Waals surface area contributed by atoms with Crippen molar-refractivity contribution < 1.29 is 9.84 Å². The molecule has 2 N–H and O–H groups in total. The summed E-state index contributed by atoms with van der Waals surface area (Å²) in [5, 5.41) is 13.4. The lowest BCUT2D eigenvalue weighted by atomic mass is 9.84. The maximum absolute atomic E-state index is 9.90. The molecule has 2 rings (SSSR count). The highest BCUT2D eigenvalue weighted by Crippen LogP contribution is 2.49. The molecule has 2 fully saturated rings. The van der Waals surface area contributed by atoms with Crippen molar-refractivity contribution in [3.05, 3.63) is 0 Å². The Balaban J connectivity index is 1.59. The van der Waals surface area contributed by atoms with E-state index in [0.29, 0.717) is 25.1 Å². The number of hydrogen-bond acceptors (Lipinski definition) is 3. The van der Waals surface area contributed by atoms with Crippen LogP contribution in [0.3, 0.4) is 0 Å². The Morgan fingerprint density at radius 2 is 1.95 bits per heavy atom. The number of nitrogens with one attached hydrogen (secondary N) is 1. The topological polar surface area (TPSA) is 41.5 Å². The van der Waals surface area contributed by atoms with Gasteiger partial charge in [-0.15, -0.1) is 0 Å². The molecule has 5 unspecified atom stereocenters. The molecule has 0 radical (unpaired) electrons. The van der Waals surface area contributed by atoms with Crippen LogP contribution >= 0.6 is 0 Å². The van der Waals surface area contributed by atoms with Crippen LogP contribution < -0.4 is 5.32 Å². The zero-order valence-electron chi connectivity index (χ0n) is 12.8. The van der Waals surface area contributed by atoms with Crippen LogP contribution in [-0.4, -0.2) is 37.0 Å². The molecule has 2 saturated carbocycles. The first-order valence-electron chi connectivity index (χ1n) is 8.05. The summed E-state index contributed by atoms with van der Waals surface area (Å²) in [5.41, 5.74) is 0. The average Bonchev–Trinajstić information content (AvgIpc) is 2.97. The van der Waals surface area contributed by atoms with Crippen LogP contribution in [0.1, 0.15) is 46.5 Å². The fraction of sp³-hybridized carbons (Fsp3) is 1.00. The van der Waals surface area contributed by atoms with Gasteiger partial charge in [-0.1, -0.05) is 20.3 Å². The van der Waals surface area contributed by atoms with Gasteiger partial charge in [-0.3, -0.25) is 0 Å². The highest BCUT2D eigenvalue weighted by molar-refractivity contribution is 4.94. The van der Waals surface area contributed by atoms with Crippen molar-refractivity contribution >= 4 is 0 Å². The van der Waals surface area contributed by atoms with Crippen LogP contribution in [0.4, 0.5) is 0 Å². The molecular weight excluding hydrogens is 238 g/mol. The first kappa shape index (κ1) is 15.3. The number of hydrogen-bond donors (Lipinski definition) is 2. The maximum atomic E-state index is 9.90. The number of aliphatic hydroxyl groups is 1. The summed E-state index contributed by atoms with van der Waals surface area (Å²) in [5.74, 6) is 3.32. The van der Waals surface area contributed by atoms with E-state index in [1.165, 1.54) is 25.7 Å². The Labute approximate surface area is 118 Å². The second-order valence-electron chi connectivity index (χ2n) is 7.12. The Morgan fingerprint density at radius 1 is 1.16 bits per heavy atom. The third-order valence-corrected chi connectivity index (χ3v) is 4.87. The molecule has 0 aliphatic heterocycles. The normalized spacial score (nSPS) is 33.0. The SMILES string of the molecule is CC(C)COCC(O)CNC(C)C1CC2CCC1C2. The van der Waals surface area contributed by atoms with Crippen LogP contribution in [0, 0.1) is 23.7 Å². The number of aliphatic hydroxyl groups excluding tert-OH is 1. The van der Waals surface area contributed by atoms with E-state index < -0.39 is 0 Å². The predicted octanol–water partition coefficient (Wildman–Crippen LogP) is 2.43. The fourth-order valence-corrected chi connectivity index (χ4v) is 3.88. The highest BCUT2D eigenvalue weighted by Gasteiger charge is 2.41. The fourth-order valence-electron chi connectivity index (χ4n) is 3.88. The minimum Gasteiger partial charge on any atom is -0.389 e. The van der Waals surface area contributed by atoms with Crippen LogP contribution in [-0.2, 0) is 4.74 Å². The van der Waals surface area contributed by atoms with Gasteiger partial charge in [0.1, 0.15) is 0 Å². The number of fused-ring (bicyclic) bond motifs is 2. The molecule has 2 bridgehead atoms. The van der Waals surface area contributed by atoms with Gasteiger partial charge in [0.25, 0.3) is 0 Å². The Bertz CT molecular complexity index is 269. The van der Waals surface area contributed by atoms with Gasteiger partial charge in [0.15, 0.2) is 0 Å². The summed E-state index contributed by atoms with van der Waals surface area (Å²) < 4.78 is 5.47. The van der Waals surface area contributed by atoms with Crippen LogP contribution in [0.2, 0.25) is 0 Å². The van der Waals surface area contributed by atoms with Crippen LogP contribution in [0.25, 0.3) is 0 Å². The summed E-state index contributed by atoms with van der Waals surface area (Å²) in [6.07, 6.45) is 5.37. The zero-order valence-corrected chi connectivity index (χ0v) is 12.8. The van der Waals surface area contributed by atoms with Crippen molar-refractivity contribution in [1.82, 2.24) is 5.32 Å². The van der Waals surface area contributed by atoms with Gasteiger partial charge in [0.05, 0.1) is 12.7 Å². The van der Waals surface area contributed by atoms with Gasteiger partial charge in [0.2, 0.25) is 0 Å². The molecule has 0 amide bonds. The molecule has 2 aliphatic carbocycles. The third kappa shape index (κ3) is 4.44. The second kappa shape index (κ2) is 7.05. The van der Waals surface area contributed by atoms with E-state index in [1.807, 2.05) is 0 Å².